The number of nitrogens with two attached hydrogens (primary N) is 1. The van der Waals surface area contributed by atoms with Gasteiger partial charge in [0, 0.05) is 13.1 Å². The van der Waals surface area contributed by atoms with Crippen LogP contribution in [0.5, 0.6) is 0 Å². The fourth-order valence-corrected chi connectivity index (χ4v) is 2.46. The summed E-state index contributed by atoms with van der Waals surface area (Å²) < 4.78 is 0. The molecule has 2 heteroatoms. The number of fused-ring (bicyclic) bond motifs is 1. The third-order valence-corrected chi connectivity index (χ3v) is 3.62. The second-order valence-corrected chi connectivity index (χ2v) is 5.94. The molecule has 0 radical (unpaired) electrons. The number of hydrogen-bond acceptors (Lipinski definition) is 2. The van der Waals surface area contributed by atoms with E-state index in [1.54, 1.807) is 0 Å². The lowest BCUT2D eigenvalue weighted by atomic mass is 9.89. The van der Waals surface area contributed by atoms with Crippen molar-refractivity contribution >= 4 is 10.8 Å². The van der Waals surface area contributed by atoms with E-state index in [1.165, 1.54) is 16.3 Å². The molecule has 0 aliphatic carbocycles. The minimum Gasteiger partial charge on any atom is -0.330 e. The van der Waals surface area contributed by atoms with E-state index in [9.17, 15) is 0 Å². The van der Waals surface area contributed by atoms with Crippen molar-refractivity contribution in [3.05, 3.63) is 48.0 Å². The summed E-state index contributed by atoms with van der Waals surface area (Å²) in [6.45, 7) is 7.18. The highest BCUT2D eigenvalue weighted by Gasteiger charge is 2.15. The Balaban J connectivity index is 2.02. The summed E-state index contributed by atoms with van der Waals surface area (Å²) in [6.07, 6.45) is 1.05. The summed E-state index contributed by atoms with van der Waals surface area (Å²) in [5.41, 5.74) is 7.27. The SMILES string of the molecule is CC(C)(CCN)CNCc1cccc2ccccc12. The number of benzene rings is 2. The molecular weight excluding hydrogens is 232 g/mol. The molecule has 0 spiro atoms. The van der Waals surface area contributed by atoms with E-state index in [0.29, 0.717) is 0 Å². The van der Waals surface area contributed by atoms with Crippen LogP contribution >= 0.6 is 0 Å². The van der Waals surface area contributed by atoms with Crippen molar-refractivity contribution in [3.8, 4) is 0 Å². The Morgan fingerprint density at radius 3 is 2.58 bits per heavy atom. The first kappa shape index (κ1) is 14.0. The minimum atomic E-state index is 0.263. The Labute approximate surface area is 116 Å². The van der Waals surface area contributed by atoms with Crippen LogP contribution in [0.4, 0.5) is 0 Å². The smallest absolute Gasteiger partial charge is 0.0211 e. The molecule has 2 aromatic carbocycles. The molecule has 2 nitrogen and oxygen atoms in total. The van der Waals surface area contributed by atoms with E-state index in [4.69, 9.17) is 5.73 Å². The quantitative estimate of drug-likeness (QED) is 0.832. The fourth-order valence-electron chi connectivity index (χ4n) is 2.46. The Kier molecular flexibility index (Phi) is 4.56. The highest BCUT2D eigenvalue weighted by Crippen LogP contribution is 2.20. The summed E-state index contributed by atoms with van der Waals surface area (Å²) in [4.78, 5) is 0. The number of hydrogen-bond donors (Lipinski definition) is 2. The van der Waals surface area contributed by atoms with Gasteiger partial charge in [0.25, 0.3) is 0 Å². The van der Waals surface area contributed by atoms with E-state index in [2.05, 4.69) is 61.6 Å². The van der Waals surface area contributed by atoms with E-state index in [-0.39, 0.29) is 5.41 Å². The van der Waals surface area contributed by atoms with Crippen LogP contribution in [0, 0.1) is 5.41 Å². The molecule has 0 atom stereocenters. The third-order valence-electron chi connectivity index (χ3n) is 3.62. The average molecular weight is 256 g/mol. The van der Waals surface area contributed by atoms with Gasteiger partial charge in [-0.1, -0.05) is 56.3 Å². The molecule has 0 aliphatic heterocycles. The van der Waals surface area contributed by atoms with Gasteiger partial charge in [-0.3, -0.25) is 0 Å². The predicted octanol–water partition coefficient (Wildman–Crippen LogP) is 3.30. The fraction of sp³-hybridized carbons (Fsp3) is 0.412. The molecule has 0 unspecified atom stereocenters. The summed E-state index contributed by atoms with van der Waals surface area (Å²) in [5.74, 6) is 0. The zero-order valence-electron chi connectivity index (χ0n) is 11.9. The maximum atomic E-state index is 5.64. The standard InChI is InChI=1S/C17H24N2/c1-17(2,10-11-18)13-19-12-15-8-5-7-14-6-3-4-9-16(14)15/h3-9,19H,10-13,18H2,1-2H3. The second kappa shape index (κ2) is 6.18. The van der Waals surface area contributed by atoms with E-state index >= 15 is 0 Å². The van der Waals surface area contributed by atoms with Crippen molar-refractivity contribution in [1.29, 1.82) is 0 Å². The van der Waals surface area contributed by atoms with Gasteiger partial charge < -0.3 is 11.1 Å². The lowest BCUT2D eigenvalue weighted by Gasteiger charge is -2.24. The molecule has 2 aromatic rings. The van der Waals surface area contributed by atoms with E-state index in [1.807, 2.05) is 0 Å². The lowest BCUT2D eigenvalue weighted by molar-refractivity contribution is 0.319. The molecular formula is C17H24N2. The summed E-state index contributed by atoms with van der Waals surface area (Å²) in [5, 5.41) is 6.21. The van der Waals surface area contributed by atoms with Crippen molar-refractivity contribution in [1.82, 2.24) is 5.32 Å². The van der Waals surface area contributed by atoms with Gasteiger partial charge in [0.1, 0.15) is 0 Å². The van der Waals surface area contributed by atoms with Crippen molar-refractivity contribution in [2.45, 2.75) is 26.8 Å². The van der Waals surface area contributed by atoms with Gasteiger partial charge in [-0.15, -0.1) is 0 Å². The molecule has 0 fully saturated rings. The summed E-state index contributed by atoms with van der Waals surface area (Å²) in [6, 6.07) is 15.0. The van der Waals surface area contributed by atoms with Crippen LogP contribution in [0.3, 0.4) is 0 Å². The molecule has 0 aromatic heterocycles. The molecule has 0 amide bonds. The molecule has 0 saturated heterocycles. The average Bonchev–Trinajstić information content (AvgIpc) is 2.39. The monoisotopic (exact) mass is 256 g/mol. The molecule has 0 aliphatic rings. The molecule has 102 valence electrons. The van der Waals surface area contributed by atoms with Crippen molar-refractivity contribution in [2.24, 2.45) is 11.1 Å². The number of nitrogens with one attached hydrogen (secondary N) is 1. The van der Waals surface area contributed by atoms with Crippen molar-refractivity contribution < 1.29 is 0 Å². The third kappa shape index (κ3) is 3.79. The highest BCUT2D eigenvalue weighted by atomic mass is 14.9. The van der Waals surface area contributed by atoms with Gasteiger partial charge in [-0.2, -0.15) is 0 Å². The van der Waals surface area contributed by atoms with Gasteiger partial charge in [0.2, 0.25) is 0 Å². The van der Waals surface area contributed by atoms with Crippen LogP contribution in [-0.2, 0) is 6.54 Å². The first-order chi connectivity index (χ1) is 9.12. The van der Waals surface area contributed by atoms with Crippen LogP contribution in [0.25, 0.3) is 10.8 Å². The Morgan fingerprint density at radius 1 is 1.05 bits per heavy atom. The Bertz CT molecular complexity index is 526. The molecule has 0 heterocycles. The summed E-state index contributed by atoms with van der Waals surface area (Å²) in [7, 11) is 0. The van der Waals surface area contributed by atoms with Crippen molar-refractivity contribution in [2.75, 3.05) is 13.1 Å². The second-order valence-electron chi connectivity index (χ2n) is 5.94. The van der Waals surface area contributed by atoms with Crippen LogP contribution < -0.4 is 11.1 Å². The van der Waals surface area contributed by atoms with Gasteiger partial charge in [-0.25, -0.2) is 0 Å². The predicted molar refractivity (Wildman–Crippen MR) is 83.1 cm³/mol. The van der Waals surface area contributed by atoms with E-state index < -0.39 is 0 Å². The molecule has 0 bridgehead atoms. The number of rotatable bonds is 6. The van der Waals surface area contributed by atoms with Gasteiger partial charge in [0.05, 0.1) is 0 Å². The Morgan fingerprint density at radius 2 is 1.79 bits per heavy atom. The first-order valence-corrected chi connectivity index (χ1v) is 7.00. The molecule has 19 heavy (non-hydrogen) atoms. The lowest BCUT2D eigenvalue weighted by Crippen LogP contribution is -2.31. The van der Waals surface area contributed by atoms with Gasteiger partial charge >= 0.3 is 0 Å². The maximum absolute atomic E-state index is 5.64. The normalized spacial score (nSPS) is 11.9. The molecule has 0 saturated carbocycles. The molecule has 2 rings (SSSR count). The molecule has 3 N–H and O–H groups in total. The highest BCUT2D eigenvalue weighted by molar-refractivity contribution is 5.85. The van der Waals surface area contributed by atoms with Gasteiger partial charge in [0.15, 0.2) is 0 Å². The first-order valence-electron chi connectivity index (χ1n) is 7.00. The van der Waals surface area contributed by atoms with Crippen LogP contribution in [0.1, 0.15) is 25.8 Å². The van der Waals surface area contributed by atoms with Crippen molar-refractivity contribution in [3.63, 3.8) is 0 Å². The largest absolute Gasteiger partial charge is 0.330 e. The Hall–Kier alpha value is -1.38. The van der Waals surface area contributed by atoms with Crippen LogP contribution in [0.2, 0.25) is 0 Å². The zero-order valence-corrected chi connectivity index (χ0v) is 11.9. The van der Waals surface area contributed by atoms with E-state index in [0.717, 1.165) is 26.1 Å². The zero-order chi connectivity index (χ0) is 13.7. The van der Waals surface area contributed by atoms with Gasteiger partial charge in [-0.05, 0) is 34.7 Å². The minimum absolute atomic E-state index is 0.263. The maximum Gasteiger partial charge on any atom is 0.0211 e. The summed E-state index contributed by atoms with van der Waals surface area (Å²) >= 11 is 0. The topological polar surface area (TPSA) is 38.0 Å². The van der Waals surface area contributed by atoms with Crippen LogP contribution in [0.15, 0.2) is 42.5 Å². The van der Waals surface area contributed by atoms with Crippen LogP contribution in [-0.4, -0.2) is 13.1 Å².